The molecule has 1 aromatic carbocycles. The van der Waals surface area contributed by atoms with Crippen molar-refractivity contribution in [1.82, 2.24) is 14.9 Å². The van der Waals surface area contributed by atoms with Gasteiger partial charge in [-0.05, 0) is 66.9 Å². The SMILES string of the molecule is FC(F)(F)c1ccc(Cc2cccc(C3CCCN3Cc3ccncc3)n2)cc1. The second kappa shape index (κ2) is 8.33. The van der Waals surface area contributed by atoms with Crippen LogP contribution in [-0.4, -0.2) is 21.4 Å². The fraction of sp³-hybridized carbons (Fsp3) is 0.304. The monoisotopic (exact) mass is 397 g/mol. The van der Waals surface area contributed by atoms with Crippen LogP contribution in [0.25, 0.3) is 0 Å². The van der Waals surface area contributed by atoms with Gasteiger partial charge in [0.05, 0.1) is 17.3 Å². The summed E-state index contributed by atoms with van der Waals surface area (Å²) in [4.78, 5) is 11.3. The Morgan fingerprint density at radius 2 is 1.69 bits per heavy atom. The van der Waals surface area contributed by atoms with Crippen LogP contribution in [0.3, 0.4) is 0 Å². The Bertz CT molecular complexity index is 940. The molecule has 1 aliphatic heterocycles. The van der Waals surface area contributed by atoms with Crippen molar-refractivity contribution in [2.75, 3.05) is 6.54 Å². The van der Waals surface area contributed by atoms with Crippen LogP contribution in [0.4, 0.5) is 13.2 Å². The third-order valence-corrected chi connectivity index (χ3v) is 5.33. The van der Waals surface area contributed by atoms with Gasteiger partial charge in [0.1, 0.15) is 0 Å². The highest BCUT2D eigenvalue weighted by atomic mass is 19.4. The van der Waals surface area contributed by atoms with E-state index in [4.69, 9.17) is 4.98 Å². The lowest BCUT2D eigenvalue weighted by atomic mass is 10.0. The van der Waals surface area contributed by atoms with E-state index in [-0.39, 0.29) is 6.04 Å². The standard InChI is InChI=1S/C23H22F3N3/c24-23(25,26)19-8-6-17(7-9-19)15-20-3-1-4-21(28-20)22-5-2-14-29(22)16-18-10-12-27-13-11-18/h1,3-4,6-13,22H,2,5,14-16H2. The minimum Gasteiger partial charge on any atom is -0.291 e. The molecule has 0 spiro atoms. The van der Waals surface area contributed by atoms with Gasteiger partial charge in [0.2, 0.25) is 0 Å². The van der Waals surface area contributed by atoms with E-state index in [1.165, 1.54) is 17.7 Å². The smallest absolute Gasteiger partial charge is 0.291 e. The third-order valence-electron chi connectivity index (χ3n) is 5.33. The molecule has 1 saturated heterocycles. The van der Waals surface area contributed by atoms with E-state index >= 15 is 0 Å². The zero-order valence-corrected chi connectivity index (χ0v) is 15.9. The molecule has 0 bridgehead atoms. The van der Waals surface area contributed by atoms with Crippen molar-refractivity contribution >= 4 is 0 Å². The maximum absolute atomic E-state index is 12.7. The highest BCUT2D eigenvalue weighted by molar-refractivity contribution is 5.28. The lowest BCUT2D eigenvalue weighted by Crippen LogP contribution is -2.23. The van der Waals surface area contributed by atoms with Crippen LogP contribution in [0.15, 0.2) is 67.0 Å². The first-order chi connectivity index (χ1) is 14.0. The molecule has 0 aliphatic carbocycles. The highest BCUT2D eigenvalue weighted by Gasteiger charge is 2.30. The predicted molar refractivity (Wildman–Crippen MR) is 105 cm³/mol. The van der Waals surface area contributed by atoms with Gasteiger partial charge >= 0.3 is 6.18 Å². The number of rotatable bonds is 5. The van der Waals surface area contributed by atoms with Crippen molar-refractivity contribution in [1.29, 1.82) is 0 Å². The number of aromatic nitrogens is 2. The lowest BCUT2D eigenvalue weighted by molar-refractivity contribution is -0.137. The number of benzene rings is 1. The van der Waals surface area contributed by atoms with Crippen molar-refractivity contribution in [2.24, 2.45) is 0 Å². The molecular weight excluding hydrogens is 375 g/mol. The van der Waals surface area contributed by atoms with Crippen molar-refractivity contribution < 1.29 is 13.2 Å². The number of hydrogen-bond donors (Lipinski definition) is 0. The Hall–Kier alpha value is -2.73. The second-order valence-corrected chi connectivity index (χ2v) is 7.41. The largest absolute Gasteiger partial charge is 0.416 e. The van der Waals surface area contributed by atoms with Gasteiger partial charge in [-0.25, -0.2) is 0 Å². The van der Waals surface area contributed by atoms with Gasteiger partial charge in [-0.1, -0.05) is 18.2 Å². The second-order valence-electron chi connectivity index (χ2n) is 7.41. The van der Waals surface area contributed by atoms with E-state index < -0.39 is 11.7 Å². The Morgan fingerprint density at radius 1 is 0.931 bits per heavy atom. The molecule has 3 aromatic rings. The van der Waals surface area contributed by atoms with Crippen LogP contribution in [0, 0.1) is 0 Å². The molecule has 6 heteroatoms. The normalized spacial score (nSPS) is 17.6. The molecule has 0 amide bonds. The Kier molecular flexibility index (Phi) is 5.62. The van der Waals surface area contributed by atoms with Gasteiger partial charge < -0.3 is 0 Å². The molecule has 1 atom stereocenters. The quantitative estimate of drug-likeness (QED) is 0.575. The minimum atomic E-state index is -4.31. The van der Waals surface area contributed by atoms with Gasteiger partial charge in [-0.15, -0.1) is 0 Å². The molecule has 1 unspecified atom stereocenters. The molecular formula is C23H22F3N3. The lowest BCUT2D eigenvalue weighted by Gasteiger charge is -2.24. The van der Waals surface area contributed by atoms with Crippen LogP contribution in [-0.2, 0) is 19.1 Å². The summed E-state index contributed by atoms with van der Waals surface area (Å²) in [5, 5.41) is 0. The average molecular weight is 397 g/mol. The molecule has 29 heavy (non-hydrogen) atoms. The summed E-state index contributed by atoms with van der Waals surface area (Å²) >= 11 is 0. The zero-order chi connectivity index (χ0) is 20.3. The van der Waals surface area contributed by atoms with Crippen LogP contribution < -0.4 is 0 Å². The van der Waals surface area contributed by atoms with Crippen LogP contribution in [0.1, 0.15) is 47.0 Å². The Balaban J connectivity index is 1.48. The van der Waals surface area contributed by atoms with E-state index in [1.807, 2.05) is 42.7 Å². The molecule has 3 heterocycles. The van der Waals surface area contributed by atoms with Crippen molar-refractivity contribution in [3.8, 4) is 0 Å². The van der Waals surface area contributed by atoms with Gasteiger partial charge in [-0.2, -0.15) is 13.2 Å². The number of likely N-dealkylation sites (tertiary alicyclic amines) is 1. The molecule has 2 aromatic heterocycles. The number of nitrogens with zero attached hydrogens (tertiary/aromatic N) is 3. The van der Waals surface area contributed by atoms with Gasteiger partial charge in [0.15, 0.2) is 0 Å². The van der Waals surface area contributed by atoms with E-state index in [0.717, 1.165) is 55.0 Å². The highest BCUT2D eigenvalue weighted by Crippen LogP contribution is 2.32. The molecule has 150 valence electrons. The first-order valence-electron chi connectivity index (χ1n) is 9.74. The number of halogens is 3. The van der Waals surface area contributed by atoms with Crippen molar-refractivity contribution in [3.05, 3.63) is 95.1 Å². The maximum atomic E-state index is 12.7. The first kappa shape index (κ1) is 19.6. The van der Waals surface area contributed by atoms with E-state index in [1.54, 1.807) is 0 Å². The Morgan fingerprint density at radius 3 is 2.41 bits per heavy atom. The van der Waals surface area contributed by atoms with Gasteiger partial charge in [-0.3, -0.25) is 14.9 Å². The van der Waals surface area contributed by atoms with Crippen molar-refractivity contribution in [2.45, 2.75) is 38.0 Å². The topological polar surface area (TPSA) is 29.0 Å². The van der Waals surface area contributed by atoms with Gasteiger partial charge in [0, 0.05) is 31.1 Å². The summed E-state index contributed by atoms with van der Waals surface area (Å²) in [7, 11) is 0. The fourth-order valence-electron chi connectivity index (χ4n) is 3.88. The van der Waals surface area contributed by atoms with Gasteiger partial charge in [0.25, 0.3) is 0 Å². The maximum Gasteiger partial charge on any atom is 0.416 e. The molecule has 0 N–H and O–H groups in total. The van der Waals surface area contributed by atoms with Crippen LogP contribution >= 0.6 is 0 Å². The zero-order valence-electron chi connectivity index (χ0n) is 15.9. The first-order valence-corrected chi connectivity index (χ1v) is 9.74. The fourth-order valence-corrected chi connectivity index (χ4v) is 3.88. The number of pyridine rings is 2. The molecule has 1 fully saturated rings. The van der Waals surface area contributed by atoms with E-state index in [2.05, 4.69) is 9.88 Å². The van der Waals surface area contributed by atoms with E-state index in [9.17, 15) is 13.2 Å². The predicted octanol–water partition coefficient (Wildman–Crippen LogP) is 5.42. The number of hydrogen-bond acceptors (Lipinski definition) is 3. The Labute approximate surface area is 168 Å². The van der Waals surface area contributed by atoms with Crippen LogP contribution in [0.5, 0.6) is 0 Å². The average Bonchev–Trinajstić information content (AvgIpc) is 3.17. The summed E-state index contributed by atoms with van der Waals surface area (Å²) in [5.74, 6) is 0. The molecule has 4 rings (SSSR count). The molecule has 1 aliphatic rings. The summed E-state index contributed by atoms with van der Waals surface area (Å²) in [6.45, 7) is 1.88. The summed E-state index contributed by atoms with van der Waals surface area (Å²) in [6, 6.07) is 15.6. The van der Waals surface area contributed by atoms with Crippen molar-refractivity contribution in [3.63, 3.8) is 0 Å². The molecule has 0 saturated carbocycles. The molecule has 3 nitrogen and oxygen atoms in total. The minimum absolute atomic E-state index is 0.260. The summed E-state index contributed by atoms with van der Waals surface area (Å²) in [5.41, 5.74) is 3.33. The van der Waals surface area contributed by atoms with Crippen LogP contribution in [0.2, 0.25) is 0 Å². The third kappa shape index (κ3) is 4.82. The summed E-state index contributed by atoms with van der Waals surface area (Å²) < 4.78 is 38.2. The van der Waals surface area contributed by atoms with E-state index in [0.29, 0.717) is 6.42 Å². The molecule has 0 radical (unpaired) electrons. The summed E-state index contributed by atoms with van der Waals surface area (Å²) in [6.07, 6.45) is 2.01. The number of alkyl halides is 3.